The minimum absolute atomic E-state index is 0. The summed E-state index contributed by atoms with van der Waals surface area (Å²) >= 11 is 6.42. The normalized spacial score (nSPS) is 27.3. The Morgan fingerprint density at radius 2 is 1.90 bits per heavy atom. The maximum absolute atomic E-state index is 11.4. The van der Waals surface area contributed by atoms with Gasteiger partial charge in [0.2, 0.25) is 6.73 Å². The zero-order chi connectivity index (χ0) is 21.5. The van der Waals surface area contributed by atoms with E-state index in [1.54, 1.807) is 0 Å². The van der Waals surface area contributed by atoms with Gasteiger partial charge in [-0.3, -0.25) is 14.2 Å². The standard InChI is InChI=1S/C25H32ClN2O2.HI/c1-18(29)30-17-28(4)13-12-27(16-25(28,2)3)24-15-22(19-8-6-5-7-9-19)21-11-10-20(26)14-23(21)24;/h5-11,14,22,24H,12-13,15-17H2,1-4H3;1H/q+1;/p-1/t22-,24+,28+;/m0./s1. The van der Waals surface area contributed by atoms with Crippen LogP contribution in [0.1, 0.15) is 55.8 Å². The first kappa shape index (κ1) is 24.5. The number of fused-ring (bicyclic) bond motifs is 1. The molecule has 0 spiro atoms. The van der Waals surface area contributed by atoms with Crippen LogP contribution in [0.2, 0.25) is 5.02 Å². The molecular formula is C25H32ClIN2O2. The molecule has 31 heavy (non-hydrogen) atoms. The van der Waals surface area contributed by atoms with E-state index in [9.17, 15) is 4.79 Å². The van der Waals surface area contributed by atoms with Gasteiger partial charge in [0.25, 0.3) is 0 Å². The number of rotatable bonds is 4. The molecule has 1 saturated heterocycles. The van der Waals surface area contributed by atoms with Gasteiger partial charge in [0.1, 0.15) is 5.54 Å². The van der Waals surface area contributed by atoms with Crippen LogP contribution in [-0.4, -0.2) is 54.3 Å². The molecule has 1 heterocycles. The van der Waals surface area contributed by atoms with Crippen LogP contribution >= 0.6 is 11.6 Å². The van der Waals surface area contributed by atoms with Gasteiger partial charge >= 0.3 is 5.97 Å². The van der Waals surface area contributed by atoms with E-state index < -0.39 is 0 Å². The molecule has 1 aliphatic carbocycles. The zero-order valence-electron chi connectivity index (χ0n) is 18.8. The van der Waals surface area contributed by atoms with E-state index in [0.717, 1.165) is 35.6 Å². The molecule has 0 radical (unpaired) electrons. The molecule has 0 N–H and O–H groups in total. The molecule has 0 saturated carbocycles. The Bertz CT molecular complexity index is 936. The number of likely N-dealkylation sites (N-methyl/N-ethyl adjacent to an activating group) is 1. The number of quaternary nitrogens is 1. The van der Waals surface area contributed by atoms with Gasteiger partial charge in [0, 0.05) is 30.5 Å². The Morgan fingerprint density at radius 3 is 2.55 bits per heavy atom. The van der Waals surface area contributed by atoms with Gasteiger partial charge in [-0.15, -0.1) is 0 Å². The lowest BCUT2D eigenvalue weighted by Crippen LogP contribution is -3.00. The van der Waals surface area contributed by atoms with Crippen molar-refractivity contribution >= 4 is 17.6 Å². The number of nitrogens with zero attached hydrogens (tertiary/aromatic N) is 2. The highest BCUT2D eigenvalue weighted by molar-refractivity contribution is 6.30. The summed E-state index contributed by atoms with van der Waals surface area (Å²) in [4.78, 5) is 14.0. The van der Waals surface area contributed by atoms with E-state index in [1.165, 1.54) is 23.6 Å². The molecule has 2 aromatic carbocycles. The lowest BCUT2D eigenvalue weighted by atomic mass is 9.92. The number of benzene rings is 2. The number of carbonyl (C=O) groups is 1. The van der Waals surface area contributed by atoms with E-state index in [1.807, 2.05) is 6.07 Å². The van der Waals surface area contributed by atoms with Gasteiger partial charge in [0.05, 0.1) is 20.1 Å². The highest BCUT2D eigenvalue weighted by Crippen LogP contribution is 2.48. The molecule has 6 heteroatoms. The van der Waals surface area contributed by atoms with Crippen molar-refractivity contribution in [1.82, 2.24) is 4.90 Å². The predicted octanol–water partition coefficient (Wildman–Crippen LogP) is 1.98. The van der Waals surface area contributed by atoms with E-state index in [0.29, 0.717) is 18.7 Å². The van der Waals surface area contributed by atoms with Gasteiger partial charge in [-0.1, -0.05) is 48.0 Å². The van der Waals surface area contributed by atoms with Crippen LogP contribution in [-0.2, 0) is 9.53 Å². The summed E-state index contributed by atoms with van der Waals surface area (Å²) in [5.74, 6) is 0.188. The molecule has 3 atom stereocenters. The zero-order valence-corrected chi connectivity index (χ0v) is 21.7. The van der Waals surface area contributed by atoms with Crippen LogP contribution in [0.5, 0.6) is 0 Å². The number of carbonyl (C=O) groups excluding carboxylic acids is 1. The van der Waals surface area contributed by atoms with Crippen LogP contribution in [0.25, 0.3) is 0 Å². The second-order valence-electron chi connectivity index (χ2n) is 9.66. The first-order chi connectivity index (χ1) is 14.2. The van der Waals surface area contributed by atoms with E-state index in [4.69, 9.17) is 16.3 Å². The van der Waals surface area contributed by atoms with Crippen LogP contribution < -0.4 is 24.0 Å². The summed E-state index contributed by atoms with van der Waals surface area (Å²) < 4.78 is 6.16. The van der Waals surface area contributed by atoms with Crippen LogP contribution in [0, 0.1) is 0 Å². The molecule has 0 bridgehead atoms. The Morgan fingerprint density at radius 1 is 1.19 bits per heavy atom. The van der Waals surface area contributed by atoms with Crippen molar-refractivity contribution in [3.63, 3.8) is 0 Å². The number of piperazine rings is 1. The van der Waals surface area contributed by atoms with Gasteiger partial charge in [0.15, 0.2) is 0 Å². The molecule has 2 aliphatic rings. The molecule has 4 rings (SSSR count). The first-order valence-corrected chi connectivity index (χ1v) is 11.1. The minimum atomic E-state index is -0.211. The van der Waals surface area contributed by atoms with Crippen molar-refractivity contribution in [3.8, 4) is 0 Å². The van der Waals surface area contributed by atoms with E-state index >= 15 is 0 Å². The lowest BCUT2D eigenvalue weighted by Gasteiger charge is -2.53. The van der Waals surface area contributed by atoms with Gasteiger partial charge < -0.3 is 28.7 Å². The number of esters is 1. The summed E-state index contributed by atoms with van der Waals surface area (Å²) in [6.07, 6.45) is 1.07. The average Bonchev–Trinajstić information content (AvgIpc) is 3.08. The van der Waals surface area contributed by atoms with E-state index in [-0.39, 0.29) is 35.5 Å². The van der Waals surface area contributed by atoms with Crippen molar-refractivity contribution in [1.29, 1.82) is 0 Å². The predicted molar refractivity (Wildman–Crippen MR) is 120 cm³/mol. The SMILES string of the molecule is CC(=O)OC[N@@+]1(C)CCN([C@@H]2C[C@@H](c3ccccc3)c3ccc(Cl)cc32)CC1(C)C.[I-]. The Hall–Kier alpha value is -1.15. The topological polar surface area (TPSA) is 29.5 Å². The van der Waals surface area contributed by atoms with Crippen molar-refractivity contribution in [2.24, 2.45) is 0 Å². The van der Waals surface area contributed by atoms with Crippen molar-refractivity contribution in [2.45, 2.75) is 44.7 Å². The molecule has 4 nitrogen and oxygen atoms in total. The number of hydrogen-bond acceptors (Lipinski definition) is 3. The van der Waals surface area contributed by atoms with E-state index in [2.05, 4.69) is 68.3 Å². The molecule has 2 aromatic rings. The molecule has 0 unspecified atom stereocenters. The number of hydrogen-bond donors (Lipinski definition) is 0. The fourth-order valence-corrected chi connectivity index (χ4v) is 5.29. The number of halogens is 2. The van der Waals surface area contributed by atoms with Crippen molar-refractivity contribution in [2.75, 3.05) is 33.4 Å². The molecular weight excluding hydrogens is 523 g/mol. The first-order valence-electron chi connectivity index (χ1n) is 10.8. The van der Waals surface area contributed by atoms with Gasteiger partial charge in [-0.2, -0.15) is 0 Å². The second kappa shape index (κ2) is 9.38. The van der Waals surface area contributed by atoms with Gasteiger partial charge in [-0.05, 0) is 49.1 Å². The summed E-state index contributed by atoms with van der Waals surface area (Å²) in [6, 6.07) is 17.5. The average molecular weight is 555 g/mol. The Kier molecular flexibility index (Phi) is 7.41. The van der Waals surface area contributed by atoms with Crippen molar-refractivity contribution < 1.29 is 38.0 Å². The second-order valence-corrected chi connectivity index (χ2v) is 10.1. The summed E-state index contributed by atoms with van der Waals surface area (Å²) in [7, 11) is 2.20. The molecule has 1 fully saturated rings. The summed E-state index contributed by atoms with van der Waals surface area (Å²) in [5.41, 5.74) is 4.10. The Labute approximate surface area is 208 Å². The van der Waals surface area contributed by atoms with Crippen LogP contribution in [0.4, 0.5) is 0 Å². The largest absolute Gasteiger partial charge is 1.00 e. The third kappa shape index (κ3) is 4.80. The molecule has 0 aromatic heterocycles. The highest BCUT2D eigenvalue weighted by atomic mass is 127. The fourth-order valence-electron chi connectivity index (χ4n) is 5.11. The maximum atomic E-state index is 11.4. The fraction of sp³-hybridized carbons (Fsp3) is 0.480. The third-order valence-electron chi connectivity index (χ3n) is 7.37. The molecule has 168 valence electrons. The summed E-state index contributed by atoms with van der Waals surface area (Å²) in [6.45, 7) is 9.34. The van der Waals surface area contributed by atoms with Gasteiger partial charge in [-0.25, -0.2) is 0 Å². The lowest BCUT2D eigenvalue weighted by molar-refractivity contribution is -0.974. The third-order valence-corrected chi connectivity index (χ3v) is 7.60. The Balaban J connectivity index is 0.00000272. The minimum Gasteiger partial charge on any atom is -1.00 e. The highest BCUT2D eigenvalue weighted by Gasteiger charge is 2.49. The van der Waals surface area contributed by atoms with Crippen LogP contribution in [0.3, 0.4) is 0 Å². The molecule has 0 amide bonds. The monoisotopic (exact) mass is 554 g/mol. The molecule has 1 aliphatic heterocycles. The van der Waals surface area contributed by atoms with Crippen molar-refractivity contribution in [3.05, 3.63) is 70.2 Å². The van der Waals surface area contributed by atoms with Crippen LogP contribution in [0.15, 0.2) is 48.5 Å². The quantitative estimate of drug-likeness (QED) is 0.329. The number of ether oxygens (including phenoxy) is 1. The maximum Gasteiger partial charge on any atom is 0.306 e. The summed E-state index contributed by atoms with van der Waals surface area (Å²) in [5, 5.41) is 0.805. The smallest absolute Gasteiger partial charge is 0.306 e.